The van der Waals surface area contributed by atoms with Crippen LogP contribution in [0.5, 0.6) is 0 Å². The first-order chi connectivity index (χ1) is 9.15. The summed E-state index contributed by atoms with van der Waals surface area (Å²) in [7, 11) is 2.19. The van der Waals surface area contributed by atoms with E-state index in [0.717, 1.165) is 38.8 Å². The Morgan fingerprint density at radius 3 is 2.37 bits per heavy atom. The monoisotopic (exact) mass is 268 g/mol. The molecule has 0 aromatic heterocycles. The lowest BCUT2D eigenvalue weighted by molar-refractivity contribution is -0.122. The van der Waals surface area contributed by atoms with Crippen LogP contribution in [-0.4, -0.2) is 68.1 Å². The van der Waals surface area contributed by atoms with Crippen molar-refractivity contribution in [3.05, 3.63) is 0 Å². The zero-order valence-electron chi connectivity index (χ0n) is 12.1. The van der Waals surface area contributed by atoms with E-state index in [0.29, 0.717) is 6.04 Å². The van der Waals surface area contributed by atoms with Crippen molar-refractivity contribution < 1.29 is 4.79 Å². The van der Waals surface area contributed by atoms with Crippen LogP contribution in [0.25, 0.3) is 0 Å². The van der Waals surface area contributed by atoms with E-state index in [1.165, 1.54) is 26.2 Å². The van der Waals surface area contributed by atoms with E-state index in [9.17, 15) is 4.79 Å². The summed E-state index contributed by atoms with van der Waals surface area (Å²) in [6.07, 6.45) is 4.11. The number of hydrogen-bond acceptors (Lipinski definition) is 4. The van der Waals surface area contributed by atoms with Gasteiger partial charge in [0, 0.05) is 51.2 Å². The molecule has 0 aromatic carbocycles. The molecule has 1 saturated heterocycles. The van der Waals surface area contributed by atoms with Gasteiger partial charge in [0.25, 0.3) is 0 Å². The van der Waals surface area contributed by atoms with Crippen LogP contribution in [0.15, 0.2) is 0 Å². The van der Waals surface area contributed by atoms with Gasteiger partial charge in [0.05, 0.1) is 0 Å². The zero-order valence-corrected chi connectivity index (χ0v) is 12.1. The van der Waals surface area contributed by atoms with Gasteiger partial charge in [-0.05, 0) is 32.7 Å². The highest BCUT2D eigenvalue weighted by Crippen LogP contribution is 2.23. The van der Waals surface area contributed by atoms with Gasteiger partial charge in [0.2, 0.25) is 5.91 Å². The van der Waals surface area contributed by atoms with Crippen LogP contribution < -0.4 is 11.1 Å². The summed E-state index contributed by atoms with van der Waals surface area (Å²) in [5, 5.41) is 3.63. The maximum absolute atomic E-state index is 11.1. The molecular weight excluding hydrogens is 240 g/mol. The molecule has 1 saturated carbocycles. The molecule has 3 N–H and O–H groups in total. The zero-order chi connectivity index (χ0) is 13.7. The molecule has 0 bridgehead atoms. The summed E-state index contributed by atoms with van der Waals surface area (Å²) in [4.78, 5) is 16.0. The van der Waals surface area contributed by atoms with Gasteiger partial charge in [0.15, 0.2) is 0 Å². The molecule has 2 aliphatic rings. The lowest BCUT2D eigenvalue weighted by atomic mass is 9.85. The lowest BCUT2D eigenvalue weighted by Gasteiger charge is -2.33. The fourth-order valence-corrected chi connectivity index (χ4v) is 3.08. The molecule has 0 spiro atoms. The van der Waals surface area contributed by atoms with Crippen molar-refractivity contribution in [2.75, 3.05) is 46.3 Å². The number of nitrogens with two attached hydrogens (primary N) is 1. The minimum Gasteiger partial charge on any atom is -0.369 e. The summed E-state index contributed by atoms with van der Waals surface area (Å²) < 4.78 is 0. The Balaban J connectivity index is 1.56. The van der Waals surface area contributed by atoms with Gasteiger partial charge in [-0.1, -0.05) is 0 Å². The molecule has 1 amide bonds. The van der Waals surface area contributed by atoms with Crippen molar-refractivity contribution in [2.24, 2.45) is 11.7 Å². The maximum atomic E-state index is 11.1. The quantitative estimate of drug-likeness (QED) is 0.729. The predicted octanol–water partition coefficient (Wildman–Crippen LogP) is -0.132. The number of carbonyl (C=O) groups excluding carboxylic acids is 1. The molecule has 1 aliphatic carbocycles. The third kappa shape index (κ3) is 4.75. The molecule has 5 heteroatoms. The van der Waals surface area contributed by atoms with Gasteiger partial charge in [-0.15, -0.1) is 0 Å². The molecule has 1 heterocycles. The van der Waals surface area contributed by atoms with Crippen LogP contribution in [0.3, 0.4) is 0 Å². The average molecular weight is 268 g/mol. The normalized spacial score (nSPS) is 30.4. The van der Waals surface area contributed by atoms with Crippen molar-refractivity contribution >= 4 is 5.91 Å². The summed E-state index contributed by atoms with van der Waals surface area (Å²) in [5.41, 5.74) is 5.35. The average Bonchev–Trinajstić information content (AvgIpc) is 2.41. The molecule has 2 rings (SSSR count). The second-order valence-corrected chi connectivity index (χ2v) is 6.05. The molecule has 1 aliphatic heterocycles. The summed E-state index contributed by atoms with van der Waals surface area (Å²) in [5.74, 6) is 0.00608. The number of piperazine rings is 1. The van der Waals surface area contributed by atoms with Crippen molar-refractivity contribution in [2.45, 2.75) is 31.7 Å². The van der Waals surface area contributed by atoms with E-state index in [-0.39, 0.29) is 11.8 Å². The number of primary amides is 1. The number of nitrogens with zero attached hydrogens (tertiary/aromatic N) is 2. The van der Waals surface area contributed by atoms with E-state index < -0.39 is 0 Å². The Kier molecular flexibility index (Phi) is 5.60. The van der Waals surface area contributed by atoms with Crippen LogP contribution in [0.1, 0.15) is 25.7 Å². The highest BCUT2D eigenvalue weighted by molar-refractivity contribution is 5.76. The summed E-state index contributed by atoms with van der Waals surface area (Å²) >= 11 is 0. The van der Waals surface area contributed by atoms with Crippen molar-refractivity contribution in [1.29, 1.82) is 0 Å². The molecule has 0 unspecified atom stereocenters. The Hall–Kier alpha value is -0.650. The Morgan fingerprint density at radius 2 is 1.79 bits per heavy atom. The molecule has 19 heavy (non-hydrogen) atoms. The van der Waals surface area contributed by atoms with E-state index in [1.807, 2.05) is 0 Å². The first-order valence-electron chi connectivity index (χ1n) is 7.59. The number of amides is 1. The standard InChI is InChI=1S/C14H28N4O/c1-17-8-10-18(11-9-17)7-6-16-13-4-2-12(3-5-13)14(15)19/h12-13,16H,2-11H2,1H3,(H2,15,19). The van der Waals surface area contributed by atoms with Gasteiger partial charge in [-0.2, -0.15) is 0 Å². The minimum atomic E-state index is -0.115. The molecule has 5 nitrogen and oxygen atoms in total. The van der Waals surface area contributed by atoms with Crippen LogP contribution in [0.4, 0.5) is 0 Å². The third-order valence-electron chi connectivity index (χ3n) is 4.59. The van der Waals surface area contributed by atoms with Gasteiger partial charge in [-0.25, -0.2) is 0 Å². The van der Waals surface area contributed by atoms with E-state index >= 15 is 0 Å². The minimum absolute atomic E-state index is 0.115. The Bertz CT molecular complexity index is 281. The fourth-order valence-electron chi connectivity index (χ4n) is 3.08. The number of carbonyl (C=O) groups is 1. The van der Waals surface area contributed by atoms with Gasteiger partial charge >= 0.3 is 0 Å². The highest BCUT2D eigenvalue weighted by atomic mass is 16.1. The third-order valence-corrected chi connectivity index (χ3v) is 4.59. The highest BCUT2D eigenvalue weighted by Gasteiger charge is 2.24. The number of likely N-dealkylation sites (N-methyl/N-ethyl adjacent to an activating group) is 1. The second-order valence-electron chi connectivity index (χ2n) is 6.05. The Morgan fingerprint density at radius 1 is 1.16 bits per heavy atom. The molecule has 0 radical (unpaired) electrons. The summed E-state index contributed by atoms with van der Waals surface area (Å²) in [6.45, 7) is 6.95. The second kappa shape index (κ2) is 7.22. The van der Waals surface area contributed by atoms with E-state index in [2.05, 4.69) is 22.2 Å². The summed E-state index contributed by atoms with van der Waals surface area (Å²) in [6, 6.07) is 0.586. The van der Waals surface area contributed by atoms with Crippen LogP contribution in [0.2, 0.25) is 0 Å². The van der Waals surface area contributed by atoms with Crippen LogP contribution >= 0.6 is 0 Å². The maximum Gasteiger partial charge on any atom is 0.220 e. The smallest absolute Gasteiger partial charge is 0.220 e. The SMILES string of the molecule is CN1CCN(CCNC2CCC(C(N)=O)CC2)CC1. The predicted molar refractivity (Wildman–Crippen MR) is 76.9 cm³/mol. The van der Waals surface area contributed by atoms with Gasteiger partial charge in [0.1, 0.15) is 0 Å². The molecular formula is C14H28N4O. The van der Waals surface area contributed by atoms with Gasteiger partial charge in [-0.3, -0.25) is 9.69 Å². The van der Waals surface area contributed by atoms with E-state index in [1.54, 1.807) is 0 Å². The molecule has 110 valence electrons. The largest absolute Gasteiger partial charge is 0.369 e. The fraction of sp³-hybridized carbons (Fsp3) is 0.929. The van der Waals surface area contributed by atoms with Gasteiger partial charge < -0.3 is 16.0 Å². The molecule has 0 atom stereocenters. The van der Waals surface area contributed by atoms with E-state index in [4.69, 9.17) is 5.73 Å². The lowest BCUT2D eigenvalue weighted by Crippen LogP contribution is -2.47. The first kappa shape index (κ1) is 14.8. The van der Waals surface area contributed by atoms with Crippen LogP contribution in [0, 0.1) is 5.92 Å². The first-order valence-corrected chi connectivity index (χ1v) is 7.59. The Labute approximate surface area is 116 Å². The molecule has 2 fully saturated rings. The van der Waals surface area contributed by atoms with Crippen molar-refractivity contribution in [3.63, 3.8) is 0 Å². The topological polar surface area (TPSA) is 61.6 Å². The van der Waals surface area contributed by atoms with Crippen molar-refractivity contribution in [1.82, 2.24) is 15.1 Å². The number of nitrogens with one attached hydrogen (secondary N) is 1. The van der Waals surface area contributed by atoms with Crippen LogP contribution in [-0.2, 0) is 4.79 Å². The van der Waals surface area contributed by atoms with Crippen molar-refractivity contribution in [3.8, 4) is 0 Å². The number of hydrogen-bond donors (Lipinski definition) is 2. The molecule has 0 aromatic rings. The number of rotatable bonds is 5.